The van der Waals surface area contributed by atoms with Gasteiger partial charge in [-0.3, -0.25) is 4.84 Å². The van der Waals surface area contributed by atoms with E-state index in [0.29, 0.717) is 6.23 Å². The van der Waals surface area contributed by atoms with Crippen molar-refractivity contribution in [2.24, 2.45) is 0 Å². The third-order valence-corrected chi connectivity index (χ3v) is 2.68. The summed E-state index contributed by atoms with van der Waals surface area (Å²) >= 11 is 0. The Morgan fingerprint density at radius 1 is 1.31 bits per heavy atom. The second-order valence-electron chi connectivity index (χ2n) is 4.48. The molecular weight excluding hydrogens is 198 g/mol. The molecule has 2 heteroatoms. The van der Waals surface area contributed by atoms with Crippen LogP contribution in [0.25, 0.3) is 0 Å². The molecule has 0 saturated carbocycles. The summed E-state index contributed by atoms with van der Waals surface area (Å²) in [6.07, 6.45) is 4.80. The van der Waals surface area contributed by atoms with Crippen LogP contribution in [0.1, 0.15) is 32.3 Å². The average Bonchev–Trinajstić information content (AvgIpc) is 2.97. The minimum Gasteiger partial charge on any atom is -0.275 e. The lowest BCUT2D eigenvalue weighted by Gasteiger charge is -1.98. The van der Waals surface area contributed by atoms with E-state index in [1.807, 2.05) is 11.1 Å². The average molecular weight is 217 g/mol. The summed E-state index contributed by atoms with van der Waals surface area (Å²) in [6.45, 7) is 5.17. The Morgan fingerprint density at radius 3 is 2.75 bits per heavy atom. The molecule has 1 aliphatic heterocycles. The predicted octanol–water partition coefficient (Wildman–Crippen LogP) is 3.51. The molecular formula is C14H19NO. The van der Waals surface area contributed by atoms with Gasteiger partial charge in [0.25, 0.3) is 0 Å². The minimum absolute atomic E-state index is 0.329. The zero-order chi connectivity index (χ0) is 11.4. The second kappa shape index (κ2) is 5.28. The van der Waals surface area contributed by atoms with E-state index in [0.717, 1.165) is 19.4 Å². The number of allylic oxidation sites excluding steroid dienone is 2. The molecule has 0 bridgehead atoms. The second-order valence-corrected chi connectivity index (χ2v) is 4.48. The zero-order valence-corrected chi connectivity index (χ0v) is 10.0. The molecule has 86 valence electrons. The van der Waals surface area contributed by atoms with Crippen LogP contribution in [0, 0.1) is 0 Å². The summed E-state index contributed by atoms with van der Waals surface area (Å²) < 4.78 is 0. The summed E-state index contributed by atoms with van der Waals surface area (Å²) in [7, 11) is 0. The van der Waals surface area contributed by atoms with Crippen molar-refractivity contribution < 1.29 is 4.84 Å². The first kappa shape index (κ1) is 11.4. The van der Waals surface area contributed by atoms with E-state index < -0.39 is 0 Å². The Morgan fingerprint density at radius 2 is 2.06 bits per heavy atom. The number of benzene rings is 1. The van der Waals surface area contributed by atoms with Crippen molar-refractivity contribution in [3.05, 3.63) is 47.5 Å². The zero-order valence-electron chi connectivity index (χ0n) is 10.0. The van der Waals surface area contributed by atoms with Gasteiger partial charge in [-0.1, -0.05) is 42.0 Å². The van der Waals surface area contributed by atoms with Gasteiger partial charge in [0, 0.05) is 0 Å². The van der Waals surface area contributed by atoms with Crippen LogP contribution >= 0.6 is 0 Å². The molecule has 0 spiro atoms. The summed E-state index contributed by atoms with van der Waals surface area (Å²) in [5, 5.41) is 2.05. The smallest absolute Gasteiger partial charge is 0.155 e. The quantitative estimate of drug-likeness (QED) is 0.554. The van der Waals surface area contributed by atoms with Crippen molar-refractivity contribution in [3.63, 3.8) is 0 Å². The summed E-state index contributed by atoms with van der Waals surface area (Å²) in [4.78, 5) is 5.51. The van der Waals surface area contributed by atoms with Crippen LogP contribution < -0.4 is 0 Å². The highest BCUT2D eigenvalue weighted by Gasteiger charge is 2.34. The van der Waals surface area contributed by atoms with Crippen LogP contribution in [0.15, 0.2) is 42.0 Å². The summed E-state index contributed by atoms with van der Waals surface area (Å²) in [5.74, 6) is 0. The lowest BCUT2D eigenvalue weighted by Crippen LogP contribution is -2.01. The van der Waals surface area contributed by atoms with Gasteiger partial charge in [0.1, 0.15) is 0 Å². The van der Waals surface area contributed by atoms with Gasteiger partial charge >= 0.3 is 0 Å². The van der Waals surface area contributed by atoms with E-state index in [9.17, 15) is 0 Å². The van der Waals surface area contributed by atoms with E-state index in [-0.39, 0.29) is 0 Å². The molecule has 0 amide bonds. The van der Waals surface area contributed by atoms with E-state index in [1.54, 1.807) is 0 Å². The number of nitrogens with zero attached hydrogens (tertiary/aromatic N) is 1. The SMILES string of the molecule is CC(C)=CCCC1ON1Cc1ccccc1. The highest BCUT2D eigenvalue weighted by molar-refractivity contribution is 5.14. The summed E-state index contributed by atoms with van der Waals surface area (Å²) in [6, 6.07) is 10.4. The molecule has 1 heterocycles. The van der Waals surface area contributed by atoms with Crippen molar-refractivity contribution in [3.8, 4) is 0 Å². The third kappa shape index (κ3) is 3.47. The van der Waals surface area contributed by atoms with Gasteiger partial charge < -0.3 is 0 Å². The predicted molar refractivity (Wildman–Crippen MR) is 65.5 cm³/mol. The van der Waals surface area contributed by atoms with Gasteiger partial charge in [0.05, 0.1) is 6.54 Å². The van der Waals surface area contributed by atoms with Gasteiger partial charge in [-0.15, -0.1) is 0 Å². The molecule has 1 aliphatic rings. The molecule has 2 atom stereocenters. The molecule has 0 aromatic heterocycles. The fourth-order valence-electron chi connectivity index (χ4n) is 1.74. The molecule has 1 saturated heterocycles. The van der Waals surface area contributed by atoms with E-state index in [1.165, 1.54) is 11.1 Å². The minimum atomic E-state index is 0.329. The molecule has 2 rings (SSSR count). The largest absolute Gasteiger partial charge is 0.275 e. The standard InChI is InChI=1S/C14H19NO/c1-12(2)7-6-10-14-15(16-14)11-13-8-4-3-5-9-13/h3-5,7-9,14H,6,10-11H2,1-2H3. The number of hydrogen-bond donors (Lipinski definition) is 0. The molecule has 0 N–H and O–H groups in total. The van der Waals surface area contributed by atoms with Gasteiger partial charge in [-0.2, -0.15) is 5.06 Å². The van der Waals surface area contributed by atoms with Crippen LogP contribution in [-0.2, 0) is 11.4 Å². The Hall–Kier alpha value is -1.12. The number of hydroxylamine groups is 2. The van der Waals surface area contributed by atoms with Gasteiger partial charge in [0.15, 0.2) is 6.23 Å². The van der Waals surface area contributed by atoms with E-state index in [2.05, 4.69) is 44.2 Å². The van der Waals surface area contributed by atoms with Gasteiger partial charge in [0.2, 0.25) is 0 Å². The highest BCUT2D eigenvalue weighted by Crippen LogP contribution is 2.27. The maximum atomic E-state index is 5.51. The Bertz CT molecular complexity index is 354. The maximum Gasteiger partial charge on any atom is 0.155 e. The first-order valence-corrected chi connectivity index (χ1v) is 5.86. The van der Waals surface area contributed by atoms with Crippen molar-refractivity contribution in [1.29, 1.82) is 0 Å². The van der Waals surface area contributed by atoms with Crippen molar-refractivity contribution >= 4 is 0 Å². The van der Waals surface area contributed by atoms with E-state index in [4.69, 9.17) is 4.84 Å². The van der Waals surface area contributed by atoms with E-state index >= 15 is 0 Å². The molecule has 1 fully saturated rings. The lowest BCUT2D eigenvalue weighted by atomic mass is 10.2. The van der Waals surface area contributed by atoms with Crippen LogP contribution in [-0.4, -0.2) is 11.3 Å². The van der Waals surface area contributed by atoms with Crippen LogP contribution in [0.2, 0.25) is 0 Å². The third-order valence-electron chi connectivity index (χ3n) is 2.68. The Balaban J connectivity index is 1.70. The Labute approximate surface area is 97.5 Å². The highest BCUT2D eigenvalue weighted by atomic mass is 16.8. The van der Waals surface area contributed by atoms with Crippen molar-refractivity contribution in [1.82, 2.24) is 5.06 Å². The molecule has 2 nitrogen and oxygen atoms in total. The molecule has 2 unspecified atom stereocenters. The molecule has 0 aliphatic carbocycles. The first-order valence-electron chi connectivity index (χ1n) is 5.86. The topological polar surface area (TPSA) is 15.5 Å². The van der Waals surface area contributed by atoms with Crippen LogP contribution in [0.5, 0.6) is 0 Å². The van der Waals surface area contributed by atoms with Crippen LogP contribution in [0.4, 0.5) is 0 Å². The number of hydrogen-bond acceptors (Lipinski definition) is 2. The first-order chi connectivity index (χ1) is 7.75. The molecule has 16 heavy (non-hydrogen) atoms. The van der Waals surface area contributed by atoms with Crippen LogP contribution in [0.3, 0.4) is 0 Å². The monoisotopic (exact) mass is 217 g/mol. The van der Waals surface area contributed by atoms with Crippen molar-refractivity contribution in [2.45, 2.75) is 39.5 Å². The molecule has 1 aromatic carbocycles. The van der Waals surface area contributed by atoms with Crippen molar-refractivity contribution in [2.75, 3.05) is 0 Å². The fourth-order valence-corrected chi connectivity index (χ4v) is 1.74. The molecule has 0 radical (unpaired) electrons. The molecule has 1 aromatic rings. The summed E-state index contributed by atoms with van der Waals surface area (Å²) in [5.41, 5.74) is 2.70. The Kier molecular flexibility index (Phi) is 3.75. The number of rotatable bonds is 5. The van der Waals surface area contributed by atoms with Gasteiger partial charge in [-0.25, -0.2) is 0 Å². The lowest BCUT2D eigenvalue weighted by molar-refractivity contribution is 0.191. The van der Waals surface area contributed by atoms with Gasteiger partial charge in [-0.05, 0) is 32.3 Å². The normalized spacial score (nSPS) is 22.9. The maximum absolute atomic E-state index is 5.51. The fraction of sp³-hybridized carbons (Fsp3) is 0.429.